The number of aliphatic hydroxyl groups excluding tert-OH is 1. The Kier molecular flexibility index (Phi) is 5.37. The van der Waals surface area contributed by atoms with Gasteiger partial charge in [0.2, 0.25) is 10.0 Å². The van der Waals surface area contributed by atoms with Crippen LogP contribution in [0.3, 0.4) is 0 Å². The van der Waals surface area contributed by atoms with E-state index in [9.17, 15) is 8.42 Å². The van der Waals surface area contributed by atoms with Gasteiger partial charge in [-0.3, -0.25) is 0 Å². The van der Waals surface area contributed by atoms with Gasteiger partial charge in [0.15, 0.2) is 0 Å². The van der Waals surface area contributed by atoms with E-state index in [4.69, 9.17) is 9.84 Å². The van der Waals surface area contributed by atoms with Crippen LogP contribution in [0.2, 0.25) is 0 Å². The van der Waals surface area contributed by atoms with Gasteiger partial charge in [-0.25, -0.2) is 13.1 Å². The molecule has 21 heavy (non-hydrogen) atoms. The van der Waals surface area contributed by atoms with Crippen molar-refractivity contribution in [1.29, 1.82) is 0 Å². The zero-order valence-electron chi connectivity index (χ0n) is 11.9. The summed E-state index contributed by atoms with van der Waals surface area (Å²) in [5.41, 5.74) is 0.389. The molecule has 0 aliphatic heterocycles. The van der Waals surface area contributed by atoms with E-state index in [1.807, 2.05) is 0 Å². The fourth-order valence-corrected chi connectivity index (χ4v) is 3.93. The fourth-order valence-electron chi connectivity index (χ4n) is 2.48. The second-order valence-electron chi connectivity index (χ2n) is 4.95. The number of benzene rings is 1. The summed E-state index contributed by atoms with van der Waals surface area (Å²) in [5, 5.41) is 8.75. The summed E-state index contributed by atoms with van der Waals surface area (Å²) in [7, 11) is -1.99. The number of hydrogen-bond acceptors (Lipinski definition) is 4. The molecule has 1 fully saturated rings. The van der Waals surface area contributed by atoms with Crippen molar-refractivity contribution in [3.8, 4) is 11.8 Å². The largest absolute Gasteiger partial charge is 0.384 e. The molecule has 6 heteroatoms. The van der Waals surface area contributed by atoms with Crippen molar-refractivity contribution in [2.45, 2.75) is 36.3 Å². The Morgan fingerprint density at radius 3 is 2.81 bits per heavy atom. The molecule has 0 aromatic heterocycles. The Labute approximate surface area is 125 Å². The van der Waals surface area contributed by atoms with E-state index >= 15 is 0 Å². The highest BCUT2D eigenvalue weighted by Gasteiger charge is 2.29. The van der Waals surface area contributed by atoms with Gasteiger partial charge in [0.1, 0.15) is 6.61 Å². The highest BCUT2D eigenvalue weighted by Crippen LogP contribution is 2.24. The van der Waals surface area contributed by atoms with E-state index in [0.717, 1.165) is 12.8 Å². The lowest BCUT2D eigenvalue weighted by molar-refractivity contribution is 0.107. The van der Waals surface area contributed by atoms with Crippen molar-refractivity contribution in [1.82, 2.24) is 4.72 Å². The van der Waals surface area contributed by atoms with Crippen molar-refractivity contribution in [2.75, 3.05) is 13.7 Å². The molecule has 0 saturated heterocycles. The van der Waals surface area contributed by atoms with Gasteiger partial charge < -0.3 is 9.84 Å². The Balaban J connectivity index is 2.20. The Hall–Kier alpha value is -1.39. The lowest BCUT2D eigenvalue weighted by Gasteiger charge is -2.14. The van der Waals surface area contributed by atoms with Crippen molar-refractivity contribution < 1.29 is 18.3 Å². The van der Waals surface area contributed by atoms with Gasteiger partial charge in [-0.2, -0.15) is 0 Å². The number of methoxy groups -OCH3 is 1. The zero-order chi connectivity index (χ0) is 15.3. The zero-order valence-corrected chi connectivity index (χ0v) is 12.7. The monoisotopic (exact) mass is 309 g/mol. The van der Waals surface area contributed by atoms with Crippen molar-refractivity contribution in [3.05, 3.63) is 29.8 Å². The first-order valence-corrected chi connectivity index (χ1v) is 8.29. The van der Waals surface area contributed by atoms with Gasteiger partial charge >= 0.3 is 0 Å². The van der Waals surface area contributed by atoms with E-state index in [-0.39, 0.29) is 23.6 Å². The summed E-state index contributed by atoms with van der Waals surface area (Å²) in [6, 6.07) is 6.41. The van der Waals surface area contributed by atoms with Gasteiger partial charge in [0.25, 0.3) is 0 Å². The van der Waals surface area contributed by atoms with E-state index < -0.39 is 10.0 Å². The predicted molar refractivity (Wildman–Crippen MR) is 79.2 cm³/mol. The van der Waals surface area contributed by atoms with Crippen LogP contribution in [0, 0.1) is 11.8 Å². The fraction of sp³-hybridized carbons (Fsp3) is 0.467. The minimum atomic E-state index is -3.63. The third kappa shape index (κ3) is 4.05. The number of rotatable bonds is 4. The topological polar surface area (TPSA) is 75.6 Å². The first-order chi connectivity index (χ1) is 10.1. The van der Waals surface area contributed by atoms with Crippen molar-refractivity contribution in [2.24, 2.45) is 0 Å². The predicted octanol–water partition coefficient (Wildman–Crippen LogP) is 0.876. The number of aliphatic hydroxyl groups is 1. The molecular weight excluding hydrogens is 290 g/mol. The number of ether oxygens (including phenoxy) is 1. The molecule has 2 atom stereocenters. The number of sulfonamides is 1. The second-order valence-corrected chi connectivity index (χ2v) is 6.63. The van der Waals surface area contributed by atoms with E-state index in [0.29, 0.717) is 12.0 Å². The summed E-state index contributed by atoms with van der Waals surface area (Å²) >= 11 is 0. The third-order valence-corrected chi connectivity index (χ3v) is 5.10. The first kappa shape index (κ1) is 16.0. The molecule has 0 amide bonds. The van der Waals surface area contributed by atoms with Crippen LogP contribution in [0.15, 0.2) is 29.2 Å². The molecule has 114 valence electrons. The second kappa shape index (κ2) is 7.05. The highest BCUT2D eigenvalue weighted by molar-refractivity contribution is 7.89. The maximum atomic E-state index is 12.5. The molecule has 0 bridgehead atoms. The van der Waals surface area contributed by atoms with Crippen LogP contribution in [0.25, 0.3) is 0 Å². The lowest BCUT2D eigenvalue weighted by Crippen LogP contribution is -2.33. The van der Waals surface area contributed by atoms with Gasteiger partial charge in [-0.1, -0.05) is 24.0 Å². The lowest BCUT2D eigenvalue weighted by atomic mass is 10.2. The molecule has 0 radical (unpaired) electrons. The van der Waals surface area contributed by atoms with Crippen LogP contribution in [0.1, 0.15) is 24.8 Å². The molecule has 1 aromatic rings. The third-order valence-electron chi connectivity index (χ3n) is 3.52. The molecule has 1 aliphatic rings. The number of hydrogen-bond donors (Lipinski definition) is 2. The minimum absolute atomic E-state index is 0.112. The average molecular weight is 309 g/mol. The standard InChI is InChI=1S/C15H19NO4S/c1-20-14-9-8-13(11-14)16-21(18,19)15-7-3-2-5-12(15)6-4-10-17/h2-3,5,7,13-14,16-17H,8-11H2,1H3. The molecule has 2 rings (SSSR count). The highest BCUT2D eigenvalue weighted by atomic mass is 32.2. The maximum Gasteiger partial charge on any atom is 0.242 e. The Morgan fingerprint density at radius 2 is 2.14 bits per heavy atom. The Morgan fingerprint density at radius 1 is 1.38 bits per heavy atom. The van der Waals surface area contributed by atoms with Crippen LogP contribution >= 0.6 is 0 Å². The van der Waals surface area contributed by atoms with Crippen molar-refractivity contribution >= 4 is 10.0 Å². The quantitative estimate of drug-likeness (QED) is 0.810. The van der Waals surface area contributed by atoms with Gasteiger partial charge in [-0.15, -0.1) is 0 Å². The van der Waals surface area contributed by atoms with Crippen LogP contribution in [-0.2, 0) is 14.8 Å². The van der Waals surface area contributed by atoms with Crippen LogP contribution in [0.4, 0.5) is 0 Å². The molecule has 0 spiro atoms. The summed E-state index contributed by atoms with van der Waals surface area (Å²) in [4.78, 5) is 0.145. The maximum absolute atomic E-state index is 12.5. The molecule has 1 saturated carbocycles. The molecular formula is C15H19NO4S. The molecule has 2 unspecified atom stereocenters. The summed E-state index contributed by atoms with van der Waals surface area (Å²) in [5.74, 6) is 5.15. The van der Waals surface area contributed by atoms with Gasteiger partial charge in [0, 0.05) is 18.7 Å². The van der Waals surface area contributed by atoms with Crippen LogP contribution in [-0.4, -0.2) is 39.4 Å². The normalized spacial score (nSPS) is 21.8. The summed E-state index contributed by atoms with van der Waals surface area (Å²) in [6.45, 7) is -0.306. The molecule has 1 aliphatic carbocycles. The molecule has 1 aromatic carbocycles. The smallest absolute Gasteiger partial charge is 0.242 e. The van der Waals surface area contributed by atoms with Crippen molar-refractivity contribution in [3.63, 3.8) is 0 Å². The van der Waals surface area contributed by atoms with Gasteiger partial charge in [-0.05, 0) is 31.4 Å². The summed E-state index contributed by atoms with van der Waals surface area (Å²) < 4.78 is 32.9. The first-order valence-electron chi connectivity index (χ1n) is 6.80. The Bertz CT molecular complexity index is 645. The molecule has 2 N–H and O–H groups in total. The molecule has 0 heterocycles. The van der Waals surface area contributed by atoms with E-state index in [1.165, 1.54) is 6.07 Å². The molecule has 5 nitrogen and oxygen atoms in total. The SMILES string of the molecule is COC1CCC(NS(=O)(=O)c2ccccc2C#CCO)C1. The average Bonchev–Trinajstić information content (AvgIpc) is 2.92. The van der Waals surface area contributed by atoms with E-state index in [2.05, 4.69) is 16.6 Å². The minimum Gasteiger partial charge on any atom is -0.384 e. The van der Waals surface area contributed by atoms with Crippen LogP contribution < -0.4 is 4.72 Å². The number of nitrogens with one attached hydrogen (secondary N) is 1. The van der Waals surface area contributed by atoms with E-state index in [1.54, 1.807) is 25.3 Å². The van der Waals surface area contributed by atoms with Gasteiger partial charge in [0.05, 0.1) is 11.0 Å². The van der Waals surface area contributed by atoms with Crippen LogP contribution in [0.5, 0.6) is 0 Å². The summed E-state index contributed by atoms with van der Waals surface area (Å²) in [6.07, 6.45) is 2.42.